The minimum absolute atomic E-state index is 0.0488. The van der Waals surface area contributed by atoms with Crippen molar-refractivity contribution in [1.29, 1.82) is 0 Å². The molecule has 0 amide bonds. The molecule has 0 aliphatic rings. The van der Waals surface area contributed by atoms with Crippen LogP contribution in [-0.2, 0) is 18.5 Å². The minimum Gasteiger partial charge on any atom is -0.494 e. The van der Waals surface area contributed by atoms with Crippen LogP contribution >= 0.6 is 0 Å². The lowest BCUT2D eigenvalue weighted by molar-refractivity contribution is 0.336. The number of aromatic nitrogens is 1. The van der Waals surface area contributed by atoms with E-state index in [0.717, 1.165) is 23.6 Å². The zero-order valence-corrected chi connectivity index (χ0v) is 16.4. The van der Waals surface area contributed by atoms with Crippen molar-refractivity contribution in [2.45, 2.75) is 53.1 Å². The predicted molar refractivity (Wildman–Crippen MR) is 104 cm³/mol. The van der Waals surface area contributed by atoms with Crippen LogP contribution in [0.3, 0.4) is 0 Å². The van der Waals surface area contributed by atoms with Gasteiger partial charge in [0.2, 0.25) is 5.89 Å². The molecule has 6 heteroatoms. The Hall–Kier alpha value is -2.50. The maximum atomic E-state index is 5.81. The average Bonchev–Trinajstić information content (AvgIpc) is 3.08. The molecule has 1 heterocycles. The van der Waals surface area contributed by atoms with Crippen molar-refractivity contribution >= 4 is 5.96 Å². The number of rotatable bonds is 7. The average molecular weight is 358 g/mol. The number of hydrogen-bond donors (Lipinski definition) is 2. The molecule has 0 bridgehead atoms. The van der Waals surface area contributed by atoms with Crippen LogP contribution in [0.4, 0.5) is 0 Å². The van der Waals surface area contributed by atoms with Crippen molar-refractivity contribution in [1.82, 2.24) is 15.6 Å². The van der Waals surface area contributed by atoms with Crippen LogP contribution in [-0.4, -0.2) is 24.1 Å². The van der Waals surface area contributed by atoms with Crippen LogP contribution in [0.15, 0.2) is 39.9 Å². The van der Waals surface area contributed by atoms with Crippen molar-refractivity contribution in [3.05, 3.63) is 47.7 Å². The molecule has 0 spiro atoms. The Morgan fingerprint density at radius 1 is 1.19 bits per heavy atom. The molecule has 0 saturated carbocycles. The van der Waals surface area contributed by atoms with Gasteiger partial charge in [0.25, 0.3) is 0 Å². The summed E-state index contributed by atoms with van der Waals surface area (Å²) in [5.74, 6) is 3.11. The summed E-state index contributed by atoms with van der Waals surface area (Å²) in [6, 6.07) is 7.96. The predicted octanol–water partition coefficient (Wildman–Crippen LogP) is 3.63. The highest BCUT2D eigenvalue weighted by molar-refractivity contribution is 5.79. The molecule has 0 atom stereocenters. The molecule has 1 aromatic heterocycles. The molecule has 2 aromatic rings. The van der Waals surface area contributed by atoms with Gasteiger partial charge in [0.15, 0.2) is 5.96 Å². The highest BCUT2D eigenvalue weighted by Gasteiger charge is 2.19. The first kappa shape index (κ1) is 19.8. The number of nitrogens with one attached hydrogen (secondary N) is 2. The number of oxazole rings is 1. The van der Waals surface area contributed by atoms with Gasteiger partial charge in [-0.25, -0.2) is 9.98 Å². The molecule has 142 valence electrons. The third-order valence-electron chi connectivity index (χ3n) is 3.72. The topological polar surface area (TPSA) is 71.7 Å². The number of nitrogens with zero attached hydrogens (tertiary/aromatic N) is 2. The van der Waals surface area contributed by atoms with Crippen LogP contribution in [0.5, 0.6) is 5.75 Å². The lowest BCUT2D eigenvalue weighted by Gasteiger charge is -2.13. The maximum Gasteiger partial charge on any atom is 0.213 e. The first-order valence-electron chi connectivity index (χ1n) is 9.12. The minimum atomic E-state index is -0.0488. The Bertz CT molecular complexity index is 717. The fourth-order valence-electron chi connectivity index (χ4n) is 2.33. The largest absolute Gasteiger partial charge is 0.494 e. The van der Waals surface area contributed by atoms with E-state index in [4.69, 9.17) is 9.15 Å². The Balaban J connectivity index is 2.02. The first-order valence-corrected chi connectivity index (χ1v) is 9.12. The van der Waals surface area contributed by atoms with Gasteiger partial charge in [-0.15, -0.1) is 0 Å². The van der Waals surface area contributed by atoms with Crippen molar-refractivity contribution in [2.24, 2.45) is 4.99 Å². The van der Waals surface area contributed by atoms with E-state index < -0.39 is 0 Å². The zero-order chi connectivity index (χ0) is 19.0. The number of benzene rings is 1. The fraction of sp³-hybridized carbons (Fsp3) is 0.500. The van der Waals surface area contributed by atoms with Crippen LogP contribution in [0.25, 0.3) is 0 Å². The summed E-state index contributed by atoms with van der Waals surface area (Å²) in [5.41, 5.74) is 1.00. The van der Waals surface area contributed by atoms with Gasteiger partial charge < -0.3 is 19.8 Å². The number of aliphatic imine (C=N–C) groups is 1. The molecule has 2 rings (SSSR count). The second-order valence-corrected chi connectivity index (χ2v) is 6.96. The monoisotopic (exact) mass is 358 g/mol. The summed E-state index contributed by atoms with van der Waals surface area (Å²) in [5, 5.41) is 6.51. The van der Waals surface area contributed by atoms with Crippen molar-refractivity contribution < 1.29 is 9.15 Å². The molecule has 0 radical (unpaired) electrons. The van der Waals surface area contributed by atoms with Gasteiger partial charge in [-0.1, -0.05) is 39.0 Å². The zero-order valence-electron chi connectivity index (χ0n) is 16.4. The standard InChI is InChI=1S/C20H30N4O2/c1-6-21-19(23-12-15-10-8-9-11-16(15)25-7-2)24-14-18-22-13-17(26-18)20(3,4)5/h8-11,13H,6-7,12,14H2,1-5H3,(H2,21,23,24). The van der Waals surface area contributed by atoms with Crippen molar-refractivity contribution in [2.75, 3.05) is 13.2 Å². The van der Waals surface area contributed by atoms with E-state index >= 15 is 0 Å². The second kappa shape index (κ2) is 9.27. The lowest BCUT2D eigenvalue weighted by atomic mass is 9.94. The number of guanidine groups is 1. The summed E-state index contributed by atoms with van der Waals surface area (Å²) in [4.78, 5) is 8.98. The Morgan fingerprint density at radius 3 is 2.62 bits per heavy atom. The third kappa shape index (κ3) is 5.79. The van der Waals surface area contributed by atoms with E-state index in [0.29, 0.717) is 31.5 Å². The molecule has 26 heavy (non-hydrogen) atoms. The Kier molecular flexibility index (Phi) is 7.06. The fourth-order valence-corrected chi connectivity index (χ4v) is 2.33. The second-order valence-electron chi connectivity index (χ2n) is 6.96. The van der Waals surface area contributed by atoms with E-state index in [9.17, 15) is 0 Å². The molecule has 6 nitrogen and oxygen atoms in total. The Labute approximate surface area is 156 Å². The molecule has 0 aliphatic carbocycles. The summed E-state index contributed by atoms with van der Waals surface area (Å²) >= 11 is 0. The normalized spacial score (nSPS) is 12.1. The van der Waals surface area contributed by atoms with Crippen molar-refractivity contribution in [3.63, 3.8) is 0 Å². The SMILES string of the molecule is CCNC(=NCc1ccccc1OCC)NCc1ncc(C(C)(C)C)o1. The van der Waals surface area contributed by atoms with Crippen LogP contribution in [0.2, 0.25) is 0 Å². The summed E-state index contributed by atoms with van der Waals surface area (Å²) < 4.78 is 11.5. The first-order chi connectivity index (χ1) is 12.4. The third-order valence-corrected chi connectivity index (χ3v) is 3.72. The van der Waals surface area contributed by atoms with Gasteiger partial charge in [0, 0.05) is 17.5 Å². The summed E-state index contributed by atoms with van der Waals surface area (Å²) in [6.45, 7) is 12.8. The number of para-hydroxylation sites is 1. The number of ether oxygens (including phenoxy) is 1. The molecule has 0 aliphatic heterocycles. The van der Waals surface area contributed by atoms with Gasteiger partial charge in [-0.3, -0.25) is 0 Å². The van der Waals surface area contributed by atoms with E-state index in [-0.39, 0.29) is 5.41 Å². The van der Waals surface area contributed by atoms with E-state index in [2.05, 4.69) is 41.4 Å². The molecular weight excluding hydrogens is 328 g/mol. The smallest absolute Gasteiger partial charge is 0.213 e. The quantitative estimate of drug-likeness (QED) is 0.584. The van der Waals surface area contributed by atoms with Gasteiger partial charge in [0.1, 0.15) is 11.5 Å². The summed E-state index contributed by atoms with van der Waals surface area (Å²) in [6.07, 6.45) is 1.79. The van der Waals surface area contributed by atoms with Gasteiger partial charge in [0.05, 0.1) is 25.9 Å². The van der Waals surface area contributed by atoms with Crippen LogP contribution < -0.4 is 15.4 Å². The highest BCUT2D eigenvalue weighted by Crippen LogP contribution is 2.22. The summed E-state index contributed by atoms with van der Waals surface area (Å²) in [7, 11) is 0. The van der Waals surface area contributed by atoms with Gasteiger partial charge >= 0.3 is 0 Å². The van der Waals surface area contributed by atoms with Crippen LogP contribution in [0.1, 0.15) is 51.8 Å². The van der Waals surface area contributed by atoms with E-state index in [1.165, 1.54) is 0 Å². The number of hydrogen-bond acceptors (Lipinski definition) is 4. The van der Waals surface area contributed by atoms with Crippen LogP contribution in [0, 0.1) is 0 Å². The Morgan fingerprint density at radius 2 is 1.96 bits per heavy atom. The molecule has 0 unspecified atom stereocenters. The van der Waals surface area contributed by atoms with Crippen molar-refractivity contribution in [3.8, 4) is 5.75 Å². The molecule has 1 aromatic carbocycles. The van der Waals surface area contributed by atoms with Gasteiger partial charge in [-0.05, 0) is 19.9 Å². The molecular formula is C20H30N4O2. The molecule has 0 fully saturated rings. The highest BCUT2D eigenvalue weighted by atomic mass is 16.5. The lowest BCUT2D eigenvalue weighted by Crippen LogP contribution is -2.36. The van der Waals surface area contributed by atoms with E-state index in [1.807, 2.05) is 38.1 Å². The van der Waals surface area contributed by atoms with Gasteiger partial charge in [-0.2, -0.15) is 0 Å². The molecule has 2 N–H and O–H groups in total. The van der Waals surface area contributed by atoms with E-state index in [1.54, 1.807) is 6.20 Å². The molecule has 0 saturated heterocycles. The maximum absolute atomic E-state index is 5.81.